The van der Waals surface area contributed by atoms with Gasteiger partial charge in [-0.25, -0.2) is 4.79 Å². The summed E-state index contributed by atoms with van der Waals surface area (Å²) < 4.78 is 5.43. The van der Waals surface area contributed by atoms with Gasteiger partial charge < -0.3 is 9.64 Å². The Balaban J connectivity index is 1.91. The summed E-state index contributed by atoms with van der Waals surface area (Å²) >= 11 is 0. The number of allylic oxidation sites excluding steroid dienone is 1. The number of rotatable bonds is 1. The van der Waals surface area contributed by atoms with Crippen LogP contribution in [-0.4, -0.2) is 42.4 Å². The van der Waals surface area contributed by atoms with Crippen LogP contribution in [0.5, 0.6) is 0 Å². The van der Waals surface area contributed by atoms with Crippen molar-refractivity contribution in [3.63, 3.8) is 0 Å². The molecule has 0 aromatic rings. The maximum atomic E-state index is 12.1. The van der Waals surface area contributed by atoms with Gasteiger partial charge in [0.15, 0.2) is 0 Å². The highest BCUT2D eigenvalue weighted by molar-refractivity contribution is 5.75. The summed E-state index contributed by atoms with van der Waals surface area (Å²) in [6, 6.07) is 0. The highest BCUT2D eigenvalue weighted by atomic mass is 16.6. The van der Waals surface area contributed by atoms with Gasteiger partial charge in [0, 0.05) is 19.3 Å². The number of amides is 1. The van der Waals surface area contributed by atoms with Crippen LogP contribution in [-0.2, 0) is 4.74 Å². The molecule has 1 fully saturated rings. The molecule has 4 nitrogen and oxygen atoms in total. The third-order valence-corrected chi connectivity index (χ3v) is 3.70. The molecule has 0 radical (unpaired) electrons. The van der Waals surface area contributed by atoms with Crippen molar-refractivity contribution in [1.82, 2.24) is 4.90 Å². The molecule has 1 saturated heterocycles. The molecule has 4 heteroatoms. The SMILES string of the molecule is CC1CN(C(=O)OC(C)(C)C)CCC1C1=CC=NC1. The van der Waals surface area contributed by atoms with Crippen molar-refractivity contribution < 1.29 is 9.53 Å². The predicted molar refractivity (Wildman–Crippen MR) is 76.5 cm³/mol. The van der Waals surface area contributed by atoms with Crippen LogP contribution in [0.2, 0.25) is 0 Å². The van der Waals surface area contributed by atoms with Gasteiger partial charge in [-0.05, 0) is 50.7 Å². The summed E-state index contributed by atoms with van der Waals surface area (Å²) in [4.78, 5) is 18.1. The zero-order valence-corrected chi connectivity index (χ0v) is 12.3. The van der Waals surface area contributed by atoms with Crippen LogP contribution in [0.15, 0.2) is 16.6 Å². The van der Waals surface area contributed by atoms with Gasteiger partial charge in [0.1, 0.15) is 5.60 Å². The van der Waals surface area contributed by atoms with E-state index in [2.05, 4.69) is 18.0 Å². The lowest BCUT2D eigenvalue weighted by Gasteiger charge is -2.38. The second kappa shape index (κ2) is 5.35. The molecule has 0 aromatic carbocycles. The lowest BCUT2D eigenvalue weighted by atomic mass is 9.81. The molecular weight excluding hydrogens is 240 g/mol. The summed E-state index contributed by atoms with van der Waals surface area (Å²) in [6.45, 7) is 10.3. The van der Waals surface area contributed by atoms with Crippen molar-refractivity contribution in [2.24, 2.45) is 16.8 Å². The molecule has 0 saturated carbocycles. The van der Waals surface area contributed by atoms with Crippen LogP contribution in [0.3, 0.4) is 0 Å². The summed E-state index contributed by atoms with van der Waals surface area (Å²) in [5.41, 5.74) is 0.996. The predicted octanol–water partition coefficient (Wildman–Crippen LogP) is 2.89. The van der Waals surface area contributed by atoms with Gasteiger partial charge in [-0.1, -0.05) is 6.92 Å². The Morgan fingerprint density at radius 3 is 2.74 bits per heavy atom. The van der Waals surface area contributed by atoms with Gasteiger partial charge in [0.05, 0.1) is 6.54 Å². The molecular formula is C15H24N2O2. The Kier molecular flexibility index (Phi) is 3.97. The number of piperidine rings is 1. The van der Waals surface area contributed by atoms with E-state index in [0.29, 0.717) is 11.8 Å². The Morgan fingerprint density at radius 2 is 2.21 bits per heavy atom. The highest BCUT2D eigenvalue weighted by Gasteiger charge is 2.32. The number of aliphatic imine (C=N–C) groups is 1. The van der Waals surface area contributed by atoms with Crippen molar-refractivity contribution in [2.75, 3.05) is 19.6 Å². The average molecular weight is 264 g/mol. The molecule has 0 aliphatic carbocycles. The van der Waals surface area contributed by atoms with Crippen molar-refractivity contribution in [3.8, 4) is 0 Å². The number of ether oxygens (including phenoxy) is 1. The summed E-state index contributed by atoms with van der Waals surface area (Å²) in [5.74, 6) is 1.02. The monoisotopic (exact) mass is 264 g/mol. The van der Waals surface area contributed by atoms with E-state index in [0.717, 1.165) is 26.1 Å². The number of carbonyl (C=O) groups excluding carboxylic acids is 1. The smallest absolute Gasteiger partial charge is 0.410 e. The van der Waals surface area contributed by atoms with Crippen LogP contribution >= 0.6 is 0 Å². The standard InChI is InChI=1S/C15H24N2O2/c1-11-10-17(14(18)19-15(2,3)4)8-6-13(11)12-5-7-16-9-12/h5,7,11,13H,6,8-10H2,1-4H3. The molecule has 2 unspecified atom stereocenters. The first kappa shape index (κ1) is 14.1. The summed E-state index contributed by atoms with van der Waals surface area (Å²) in [7, 11) is 0. The largest absolute Gasteiger partial charge is 0.444 e. The minimum Gasteiger partial charge on any atom is -0.444 e. The van der Waals surface area contributed by atoms with E-state index >= 15 is 0 Å². The number of likely N-dealkylation sites (tertiary alicyclic amines) is 1. The van der Waals surface area contributed by atoms with Gasteiger partial charge in [0.2, 0.25) is 0 Å². The minimum atomic E-state index is -0.418. The molecule has 0 bridgehead atoms. The fourth-order valence-corrected chi connectivity index (χ4v) is 2.79. The lowest BCUT2D eigenvalue weighted by molar-refractivity contribution is 0.0136. The van der Waals surface area contributed by atoms with E-state index in [1.54, 1.807) is 0 Å². The summed E-state index contributed by atoms with van der Waals surface area (Å²) in [5, 5.41) is 0. The first-order valence-electron chi connectivity index (χ1n) is 7.03. The third kappa shape index (κ3) is 3.58. The van der Waals surface area contributed by atoms with Crippen molar-refractivity contribution >= 4 is 12.3 Å². The van der Waals surface area contributed by atoms with E-state index in [4.69, 9.17) is 4.74 Å². The molecule has 19 heavy (non-hydrogen) atoms. The zero-order valence-electron chi connectivity index (χ0n) is 12.3. The van der Waals surface area contributed by atoms with Gasteiger partial charge >= 0.3 is 6.09 Å². The third-order valence-electron chi connectivity index (χ3n) is 3.70. The molecule has 2 rings (SSSR count). The maximum absolute atomic E-state index is 12.1. The molecule has 0 aromatic heterocycles. The molecule has 2 atom stereocenters. The van der Waals surface area contributed by atoms with Crippen molar-refractivity contribution in [2.45, 2.75) is 39.7 Å². The van der Waals surface area contributed by atoms with Gasteiger partial charge in [-0.15, -0.1) is 0 Å². The van der Waals surface area contributed by atoms with Crippen molar-refractivity contribution in [1.29, 1.82) is 0 Å². The number of hydrogen-bond acceptors (Lipinski definition) is 3. The Morgan fingerprint density at radius 1 is 1.47 bits per heavy atom. The summed E-state index contributed by atoms with van der Waals surface area (Å²) in [6.07, 6.45) is 4.84. The topological polar surface area (TPSA) is 41.9 Å². The van der Waals surface area contributed by atoms with Crippen LogP contribution in [0.25, 0.3) is 0 Å². The number of carbonyl (C=O) groups is 1. The molecule has 0 spiro atoms. The van der Waals surface area contributed by atoms with Gasteiger partial charge in [-0.2, -0.15) is 0 Å². The quantitative estimate of drug-likeness (QED) is 0.730. The first-order valence-corrected chi connectivity index (χ1v) is 7.03. The minimum absolute atomic E-state index is 0.186. The van der Waals surface area contributed by atoms with E-state index in [1.165, 1.54) is 5.57 Å². The Hall–Kier alpha value is -1.32. The van der Waals surface area contributed by atoms with Crippen LogP contribution < -0.4 is 0 Å². The van der Waals surface area contributed by atoms with E-state index in [-0.39, 0.29) is 6.09 Å². The Labute approximate surface area is 115 Å². The number of hydrogen-bond donors (Lipinski definition) is 0. The van der Waals surface area contributed by atoms with Crippen LogP contribution in [0, 0.1) is 11.8 Å². The van der Waals surface area contributed by atoms with E-state index in [9.17, 15) is 4.79 Å². The fraction of sp³-hybridized carbons (Fsp3) is 0.733. The maximum Gasteiger partial charge on any atom is 0.410 e. The highest BCUT2D eigenvalue weighted by Crippen LogP contribution is 2.31. The molecule has 2 aliphatic heterocycles. The fourth-order valence-electron chi connectivity index (χ4n) is 2.79. The Bertz CT molecular complexity index is 407. The van der Waals surface area contributed by atoms with E-state index in [1.807, 2.05) is 31.9 Å². The molecule has 0 N–H and O–H groups in total. The second-order valence-electron chi connectivity index (χ2n) is 6.53. The van der Waals surface area contributed by atoms with Gasteiger partial charge in [-0.3, -0.25) is 4.99 Å². The van der Waals surface area contributed by atoms with Crippen molar-refractivity contribution in [3.05, 3.63) is 11.6 Å². The van der Waals surface area contributed by atoms with Crippen LogP contribution in [0.1, 0.15) is 34.1 Å². The molecule has 106 valence electrons. The molecule has 1 amide bonds. The first-order chi connectivity index (χ1) is 8.87. The van der Waals surface area contributed by atoms with Crippen LogP contribution in [0.4, 0.5) is 4.79 Å². The van der Waals surface area contributed by atoms with E-state index < -0.39 is 5.60 Å². The normalized spacial score (nSPS) is 27.4. The second-order valence-corrected chi connectivity index (χ2v) is 6.53. The van der Waals surface area contributed by atoms with Gasteiger partial charge in [0.25, 0.3) is 0 Å². The number of nitrogens with zero attached hydrogens (tertiary/aromatic N) is 2. The lowest BCUT2D eigenvalue weighted by Crippen LogP contribution is -2.45. The zero-order chi connectivity index (χ0) is 14.0. The average Bonchev–Trinajstić information content (AvgIpc) is 2.79. The molecule has 2 heterocycles. The molecule has 2 aliphatic rings.